The van der Waals surface area contributed by atoms with Crippen molar-refractivity contribution in [3.05, 3.63) is 107 Å². The molecule has 1 aromatic heterocycles. The maximum atomic E-state index is 13.0. The number of amides is 3. The molecule has 36 heavy (non-hydrogen) atoms. The zero-order valence-electron chi connectivity index (χ0n) is 19.6. The summed E-state index contributed by atoms with van der Waals surface area (Å²) in [6.45, 7) is 0.930. The van der Waals surface area contributed by atoms with Crippen molar-refractivity contribution in [2.24, 2.45) is 0 Å². The fourth-order valence-electron chi connectivity index (χ4n) is 4.34. The lowest BCUT2D eigenvalue weighted by molar-refractivity contribution is -0.121. The molecule has 0 atom stereocenters. The highest BCUT2D eigenvalue weighted by molar-refractivity contribution is 6.25. The molecule has 7 nitrogen and oxygen atoms in total. The van der Waals surface area contributed by atoms with Gasteiger partial charge < -0.3 is 10.1 Å². The number of carbonyl (C=O) groups excluding carboxylic acids is 3. The number of hydrogen-bond acceptors (Lipinski definition) is 5. The van der Waals surface area contributed by atoms with E-state index in [9.17, 15) is 14.4 Å². The van der Waals surface area contributed by atoms with E-state index in [0.717, 1.165) is 16.5 Å². The van der Waals surface area contributed by atoms with Crippen molar-refractivity contribution >= 4 is 28.5 Å². The third-order valence-corrected chi connectivity index (χ3v) is 6.16. The van der Waals surface area contributed by atoms with E-state index in [1.165, 1.54) is 4.90 Å². The van der Waals surface area contributed by atoms with E-state index >= 15 is 0 Å². The van der Waals surface area contributed by atoms with Crippen LogP contribution in [0, 0.1) is 0 Å². The lowest BCUT2D eigenvalue weighted by Gasteiger charge is -2.27. The highest BCUT2D eigenvalue weighted by Crippen LogP contribution is 2.30. The van der Waals surface area contributed by atoms with Gasteiger partial charge in [0.05, 0.1) is 0 Å². The van der Waals surface area contributed by atoms with E-state index in [0.29, 0.717) is 42.0 Å². The summed E-state index contributed by atoms with van der Waals surface area (Å²) in [4.78, 5) is 43.8. The van der Waals surface area contributed by atoms with Crippen LogP contribution in [0.25, 0.3) is 10.8 Å². The fourth-order valence-corrected chi connectivity index (χ4v) is 4.34. The van der Waals surface area contributed by atoms with Crippen molar-refractivity contribution in [1.29, 1.82) is 0 Å². The Kier molecular flexibility index (Phi) is 6.71. The quantitative estimate of drug-likeness (QED) is 0.357. The van der Waals surface area contributed by atoms with Crippen LogP contribution < -0.4 is 10.1 Å². The Bertz CT molecular complexity index is 1380. The molecular weight excluding hydrogens is 454 g/mol. The molecule has 0 spiro atoms. The van der Waals surface area contributed by atoms with Crippen molar-refractivity contribution in [2.45, 2.75) is 26.0 Å². The molecule has 1 aliphatic rings. The number of imide groups is 1. The van der Waals surface area contributed by atoms with E-state index in [2.05, 4.69) is 10.3 Å². The van der Waals surface area contributed by atoms with Crippen LogP contribution in [0.2, 0.25) is 0 Å². The monoisotopic (exact) mass is 479 g/mol. The largest absolute Gasteiger partial charge is 0.473 e. The summed E-state index contributed by atoms with van der Waals surface area (Å²) < 4.78 is 5.74. The molecule has 7 heteroatoms. The third-order valence-electron chi connectivity index (χ3n) is 6.16. The summed E-state index contributed by atoms with van der Waals surface area (Å²) in [6.07, 6.45) is 2.22. The standard InChI is InChI=1S/C29H25N3O4/c33-25(31-18-21-14-15-30-26(17-21)36-19-20-7-2-1-3-8-20)13-6-16-32-28(34)23-11-4-9-22-10-5-12-24(27(22)23)29(32)35/h1-5,7-12,14-15,17H,6,13,16,18-19H2,(H,31,33). The minimum absolute atomic E-state index is 0.155. The van der Waals surface area contributed by atoms with E-state index in [1.54, 1.807) is 24.4 Å². The van der Waals surface area contributed by atoms with Crippen LogP contribution in [0.4, 0.5) is 0 Å². The first kappa shape index (κ1) is 23.2. The fraction of sp³-hybridized carbons (Fsp3) is 0.172. The topological polar surface area (TPSA) is 88.6 Å². The van der Waals surface area contributed by atoms with Gasteiger partial charge in [-0.05, 0) is 41.1 Å². The summed E-state index contributed by atoms with van der Waals surface area (Å²) >= 11 is 0. The summed E-state index contributed by atoms with van der Waals surface area (Å²) in [5.41, 5.74) is 2.96. The lowest BCUT2D eigenvalue weighted by Crippen LogP contribution is -2.41. The van der Waals surface area contributed by atoms with Gasteiger partial charge in [-0.25, -0.2) is 4.98 Å². The van der Waals surface area contributed by atoms with Gasteiger partial charge in [0.25, 0.3) is 11.8 Å². The van der Waals surface area contributed by atoms with Crippen molar-refractivity contribution in [1.82, 2.24) is 15.2 Å². The minimum atomic E-state index is -0.315. The van der Waals surface area contributed by atoms with Gasteiger partial charge in [-0.3, -0.25) is 19.3 Å². The average Bonchev–Trinajstić information content (AvgIpc) is 2.92. The Labute approximate surface area is 208 Å². The number of aromatic nitrogens is 1. The van der Waals surface area contributed by atoms with Gasteiger partial charge in [-0.1, -0.05) is 54.6 Å². The summed E-state index contributed by atoms with van der Waals surface area (Å²) in [7, 11) is 0. The van der Waals surface area contributed by atoms with Crippen LogP contribution in [0.15, 0.2) is 85.1 Å². The van der Waals surface area contributed by atoms with Gasteiger partial charge in [-0.2, -0.15) is 0 Å². The first-order valence-electron chi connectivity index (χ1n) is 11.9. The molecule has 0 aliphatic carbocycles. The third kappa shape index (κ3) is 4.95. The second-order valence-corrected chi connectivity index (χ2v) is 8.63. The van der Waals surface area contributed by atoms with Crippen molar-refractivity contribution in [2.75, 3.05) is 6.54 Å². The van der Waals surface area contributed by atoms with Crippen LogP contribution in [-0.4, -0.2) is 34.2 Å². The molecule has 0 fully saturated rings. The average molecular weight is 480 g/mol. The van der Waals surface area contributed by atoms with Crippen LogP contribution in [0.5, 0.6) is 5.88 Å². The summed E-state index contributed by atoms with van der Waals surface area (Å²) in [5, 5.41) is 4.45. The molecule has 3 amide bonds. The van der Waals surface area contributed by atoms with Gasteiger partial charge in [0.2, 0.25) is 11.8 Å². The second-order valence-electron chi connectivity index (χ2n) is 8.63. The number of pyridine rings is 1. The summed E-state index contributed by atoms with van der Waals surface area (Å²) in [6, 6.07) is 24.3. The van der Waals surface area contributed by atoms with Crippen LogP contribution in [-0.2, 0) is 17.9 Å². The number of hydrogen-bond donors (Lipinski definition) is 1. The summed E-state index contributed by atoms with van der Waals surface area (Å²) in [5.74, 6) is -0.296. The Morgan fingerprint density at radius 3 is 2.31 bits per heavy atom. The van der Waals surface area contributed by atoms with E-state index in [1.807, 2.05) is 60.7 Å². The number of ether oxygens (including phenoxy) is 1. The molecule has 4 aromatic rings. The number of nitrogens with zero attached hydrogens (tertiary/aromatic N) is 2. The molecule has 0 unspecified atom stereocenters. The molecule has 2 heterocycles. The van der Waals surface area contributed by atoms with Crippen molar-refractivity contribution in [3.63, 3.8) is 0 Å². The molecule has 0 saturated carbocycles. The van der Waals surface area contributed by atoms with Crippen molar-refractivity contribution in [3.8, 4) is 5.88 Å². The smallest absolute Gasteiger partial charge is 0.261 e. The number of carbonyl (C=O) groups is 3. The molecule has 5 rings (SSSR count). The number of nitrogens with one attached hydrogen (secondary N) is 1. The van der Waals surface area contributed by atoms with E-state index in [4.69, 9.17) is 4.74 Å². The number of rotatable bonds is 9. The Hall–Kier alpha value is -4.52. The molecule has 1 N–H and O–H groups in total. The normalized spacial score (nSPS) is 12.6. The SMILES string of the molecule is O=C(CCCN1C(=O)c2cccc3cccc(c23)C1=O)NCc1ccnc(OCc2ccccc2)c1. The Morgan fingerprint density at radius 2 is 1.58 bits per heavy atom. The van der Waals surface area contributed by atoms with Gasteiger partial charge in [0, 0.05) is 48.3 Å². The van der Waals surface area contributed by atoms with Crippen LogP contribution in [0.3, 0.4) is 0 Å². The van der Waals surface area contributed by atoms with E-state index in [-0.39, 0.29) is 30.7 Å². The maximum absolute atomic E-state index is 13.0. The van der Waals surface area contributed by atoms with Gasteiger partial charge in [0.1, 0.15) is 6.61 Å². The molecule has 3 aromatic carbocycles. The zero-order valence-corrected chi connectivity index (χ0v) is 19.6. The zero-order chi connectivity index (χ0) is 24.9. The highest BCUT2D eigenvalue weighted by atomic mass is 16.5. The molecule has 0 bridgehead atoms. The first-order chi connectivity index (χ1) is 17.6. The lowest BCUT2D eigenvalue weighted by atomic mass is 9.94. The van der Waals surface area contributed by atoms with E-state index < -0.39 is 0 Å². The van der Waals surface area contributed by atoms with Gasteiger partial charge in [0.15, 0.2) is 0 Å². The van der Waals surface area contributed by atoms with Crippen molar-refractivity contribution < 1.29 is 19.1 Å². The molecule has 0 radical (unpaired) electrons. The first-order valence-corrected chi connectivity index (χ1v) is 11.9. The molecule has 1 aliphatic heterocycles. The van der Waals surface area contributed by atoms with Gasteiger partial charge in [-0.15, -0.1) is 0 Å². The molecular formula is C29H25N3O4. The van der Waals surface area contributed by atoms with Gasteiger partial charge >= 0.3 is 0 Å². The molecule has 180 valence electrons. The Morgan fingerprint density at radius 1 is 0.861 bits per heavy atom. The minimum Gasteiger partial charge on any atom is -0.473 e. The Balaban J connectivity index is 1.12. The number of benzene rings is 3. The molecule has 0 saturated heterocycles. The predicted octanol–water partition coefficient (Wildman–Crippen LogP) is 4.51. The highest BCUT2D eigenvalue weighted by Gasteiger charge is 2.32. The maximum Gasteiger partial charge on any atom is 0.261 e. The predicted molar refractivity (Wildman–Crippen MR) is 135 cm³/mol. The second kappa shape index (κ2) is 10.4. The van der Waals surface area contributed by atoms with Crippen LogP contribution >= 0.6 is 0 Å². The van der Waals surface area contributed by atoms with Crippen LogP contribution in [0.1, 0.15) is 44.7 Å².